The molecule has 1 aliphatic rings. The Kier molecular flexibility index (Phi) is 5.57. The van der Waals surface area contributed by atoms with E-state index in [1.807, 2.05) is 0 Å². The average Bonchev–Trinajstić information content (AvgIpc) is 3.15. The van der Waals surface area contributed by atoms with Crippen molar-refractivity contribution in [2.24, 2.45) is 5.73 Å². The molecule has 1 amide bonds. The first-order chi connectivity index (χ1) is 13.5. The molecule has 5 atom stereocenters. The van der Waals surface area contributed by atoms with Crippen molar-refractivity contribution in [3.63, 3.8) is 0 Å². The number of anilines is 1. The van der Waals surface area contributed by atoms with E-state index < -0.39 is 59.1 Å². The number of carbonyl (C=O) groups is 1. The van der Waals surface area contributed by atoms with Crippen LogP contribution in [0.5, 0.6) is 0 Å². The van der Waals surface area contributed by atoms with Gasteiger partial charge in [-0.25, -0.2) is 14.5 Å². The van der Waals surface area contributed by atoms with E-state index in [1.165, 1.54) is 17.8 Å². The zero-order valence-corrected chi connectivity index (χ0v) is 15.7. The lowest BCUT2D eigenvalue weighted by Crippen LogP contribution is -2.43. The molecule has 3 rings (SSSR count). The molecule has 29 heavy (non-hydrogen) atoms. The van der Waals surface area contributed by atoms with Gasteiger partial charge in [-0.15, -0.1) is 0 Å². The number of fused-ring (bicyclic) bond motifs is 1. The highest BCUT2D eigenvalue weighted by atomic mass is 32.2. The molecule has 8 N–H and O–H groups in total. The molecule has 2 aromatic rings. The Balaban J connectivity index is 1.76. The molecule has 160 valence electrons. The number of aromatic amines is 1. The number of hydrogen-bond acceptors (Lipinski definition) is 12. The third-order valence-corrected chi connectivity index (χ3v) is 5.01. The Morgan fingerprint density at radius 1 is 1.48 bits per heavy atom. The quantitative estimate of drug-likeness (QED) is 0.256. The molecule has 1 aliphatic heterocycles. The van der Waals surface area contributed by atoms with Gasteiger partial charge in [-0.05, 0) is 6.92 Å². The van der Waals surface area contributed by atoms with Crippen molar-refractivity contribution in [1.29, 1.82) is 0 Å². The van der Waals surface area contributed by atoms with Gasteiger partial charge in [0.2, 0.25) is 0 Å². The van der Waals surface area contributed by atoms with Crippen LogP contribution in [0.2, 0.25) is 0 Å². The smallest absolute Gasteiger partial charge is 0.362 e. The number of ether oxygens (including phenoxy) is 1. The van der Waals surface area contributed by atoms with Crippen molar-refractivity contribution in [3.8, 4) is 0 Å². The molecule has 0 saturated carbocycles. The van der Waals surface area contributed by atoms with Gasteiger partial charge in [0, 0.05) is 0 Å². The van der Waals surface area contributed by atoms with Crippen LogP contribution in [0.3, 0.4) is 0 Å². The number of H-pyrrole nitrogens is 1. The van der Waals surface area contributed by atoms with Gasteiger partial charge in [0.15, 0.2) is 11.9 Å². The minimum Gasteiger partial charge on any atom is -0.387 e. The van der Waals surface area contributed by atoms with E-state index in [2.05, 4.69) is 19.1 Å². The number of rotatable bonds is 6. The summed E-state index contributed by atoms with van der Waals surface area (Å²) >= 11 is 0. The topological polar surface area (TPSA) is 238 Å². The summed E-state index contributed by atoms with van der Waals surface area (Å²) in [4.78, 5) is 32.9. The number of nitrogens with one attached hydrogen (secondary N) is 2. The van der Waals surface area contributed by atoms with E-state index in [0.29, 0.717) is 0 Å². The van der Waals surface area contributed by atoms with Crippen LogP contribution in [-0.2, 0) is 24.0 Å². The Morgan fingerprint density at radius 2 is 2.17 bits per heavy atom. The van der Waals surface area contributed by atoms with Gasteiger partial charge in [-0.1, -0.05) is 0 Å². The number of amides is 1. The highest BCUT2D eigenvalue weighted by molar-refractivity contribution is 7.85. The van der Waals surface area contributed by atoms with Crippen molar-refractivity contribution >= 4 is 33.2 Å². The van der Waals surface area contributed by atoms with Gasteiger partial charge in [-0.3, -0.25) is 18.5 Å². The molecule has 3 heterocycles. The molecule has 1 saturated heterocycles. The maximum Gasteiger partial charge on any atom is 0.362 e. The van der Waals surface area contributed by atoms with Gasteiger partial charge in [-0.2, -0.15) is 13.4 Å². The van der Waals surface area contributed by atoms with Gasteiger partial charge >= 0.3 is 16.0 Å². The van der Waals surface area contributed by atoms with E-state index in [0.717, 1.165) is 0 Å². The molecule has 0 unspecified atom stereocenters. The summed E-state index contributed by atoms with van der Waals surface area (Å²) in [5.41, 5.74) is 10.3. The summed E-state index contributed by atoms with van der Waals surface area (Å²) in [5.74, 6) is -1.04. The minimum absolute atomic E-state index is 0.0131. The maximum atomic E-state index is 11.8. The first-order valence-electron chi connectivity index (χ1n) is 8.20. The van der Waals surface area contributed by atoms with Crippen molar-refractivity contribution < 1.29 is 32.3 Å². The summed E-state index contributed by atoms with van der Waals surface area (Å²) in [5, 5.41) is 20.5. The second-order valence-corrected chi connectivity index (χ2v) is 7.67. The lowest BCUT2D eigenvalue weighted by molar-refractivity contribution is -0.120. The number of nitrogens with two attached hydrogens (primary N) is 2. The van der Waals surface area contributed by atoms with Crippen LogP contribution >= 0.6 is 0 Å². The normalized spacial score (nSPS) is 25.9. The predicted octanol–water partition coefficient (Wildman–Crippen LogP) is -3.95. The Hall–Kier alpha value is -2.63. The summed E-state index contributed by atoms with van der Waals surface area (Å²) in [6, 6.07) is -1.09. The predicted molar refractivity (Wildman–Crippen MR) is 95.1 cm³/mol. The zero-order valence-electron chi connectivity index (χ0n) is 14.9. The van der Waals surface area contributed by atoms with Crippen LogP contribution in [0.15, 0.2) is 11.1 Å². The second-order valence-electron chi connectivity index (χ2n) is 6.32. The van der Waals surface area contributed by atoms with Gasteiger partial charge in [0.25, 0.3) is 5.91 Å². The van der Waals surface area contributed by atoms with Crippen molar-refractivity contribution in [2.75, 3.05) is 12.3 Å². The second kappa shape index (κ2) is 7.65. The molecule has 0 bridgehead atoms. The van der Waals surface area contributed by atoms with E-state index in [-0.39, 0.29) is 17.0 Å². The highest BCUT2D eigenvalue weighted by Gasteiger charge is 2.45. The largest absolute Gasteiger partial charge is 0.387 e. The fourth-order valence-electron chi connectivity index (χ4n) is 2.64. The monoisotopic (exact) mass is 433 g/mol. The number of hydrogen-bond donors (Lipinski definition) is 6. The van der Waals surface area contributed by atoms with Crippen molar-refractivity contribution in [2.45, 2.75) is 37.5 Å². The highest BCUT2D eigenvalue weighted by Crippen LogP contribution is 2.32. The first kappa shape index (κ1) is 21.1. The van der Waals surface area contributed by atoms with E-state index in [1.54, 1.807) is 4.72 Å². The van der Waals surface area contributed by atoms with Crippen LogP contribution in [0.4, 0.5) is 5.82 Å². The Bertz CT molecular complexity index is 1080. The molecule has 15 nitrogen and oxygen atoms in total. The molecule has 0 spiro atoms. The summed E-state index contributed by atoms with van der Waals surface area (Å²) in [6.07, 6.45) is -4.47. The number of aliphatic hydroxyl groups is 2. The van der Waals surface area contributed by atoms with Crippen molar-refractivity contribution in [3.05, 3.63) is 16.8 Å². The number of carbonyl (C=O) groups excluding carboxylic acids is 1. The number of nitrogens with zero attached hydrogens (tertiary/aromatic N) is 3. The lowest BCUT2D eigenvalue weighted by Gasteiger charge is -2.16. The number of aromatic nitrogens is 4. The van der Waals surface area contributed by atoms with Crippen LogP contribution in [0, 0.1) is 0 Å². The molecule has 2 aromatic heterocycles. The van der Waals surface area contributed by atoms with Crippen LogP contribution in [0.25, 0.3) is 11.2 Å². The number of nitrogen functional groups attached to an aromatic ring is 1. The molecule has 0 aromatic carbocycles. The minimum atomic E-state index is -4.52. The SMILES string of the molecule is C[C@H](N)C(=O)NS(=O)(=O)OC[C@H]1O[C@@H](n2cnc3c(N)[nH]c(=O)nc32)[C@H](O)[C@@H]1O. The zero-order chi connectivity index (χ0) is 21.5. The lowest BCUT2D eigenvalue weighted by atomic mass is 10.1. The number of aliphatic hydroxyl groups excluding tert-OH is 2. The molecule has 16 heteroatoms. The Morgan fingerprint density at radius 3 is 2.83 bits per heavy atom. The summed E-state index contributed by atoms with van der Waals surface area (Å²) in [6.45, 7) is 0.552. The van der Waals surface area contributed by atoms with Gasteiger partial charge in [0.05, 0.1) is 19.0 Å². The van der Waals surface area contributed by atoms with Crippen molar-refractivity contribution in [1.82, 2.24) is 24.2 Å². The average molecular weight is 433 g/mol. The third-order valence-electron chi connectivity index (χ3n) is 4.11. The molecular weight excluding hydrogens is 414 g/mol. The fraction of sp³-hybridized carbons (Fsp3) is 0.538. The van der Waals surface area contributed by atoms with E-state index in [9.17, 15) is 28.2 Å². The van der Waals surface area contributed by atoms with E-state index in [4.69, 9.17) is 16.2 Å². The molecule has 1 fully saturated rings. The standard InChI is InChI=1S/C13H19N7O8S/c1-4(14)11(23)19-29(25,26)27-2-5-7(21)8(22)12(28-5)20-3-16-6-9(15)17-13(24)18-10(6)20/h3-5,7-8,12,21-22H,2,14H2,1H3,(H,19,23)(H3,15,17,18,24)/t4-,5+,7+,8+,12+/m0/s1. The fourth-order valence-corrected chi connectivity index (χ4v) is 3.44. The van der Waals surface area contributed by atoms with Gasteiger partial charge in [0.1, 0.15) is 29.6 Å². The first-order valence-corrected chi connectivity index (χ1v) is 9.61. The van der Waals surface area contributed by atoms with Crippen LogP contribution in [0.1, 0.15) is 13.2 Å². The molecule has 0 radical (unpaired) electrons. The maximum absolute atomic E-state index is 11.8. The number of imidazole rings is 1. The van der Waals surface area contributed by atoms with Crippen LogP contribution in [-0.4, -0.2) is 75.0 Å². The van der Waals surface area contributed by atoms with Gasteiger partial charge < -0.3 is 26.4 Å². The third kappa shape index (κ3) is 4.21. The molecule has 0 aliphatic carbocycles. The summed E-state index contributed by atoms with van der Waals surface area (Å²) in [7, 11) is -4.52. The Labute approximate surface area is 162 Å². The summed E-state index contributed by atoms with van der Waals surface area (Å²) < 4.78 is 36.4. The van der Waals surface area contributed by atoms with E-state index >= 15 is 0 Å². The molecular formula is C13H19N7O8S. The van der Waals surface area contributed by atoms with Crippen LogP contribution < -0.4 is 21.9 Å².